The number of halogens is 3. The van der Waals surface area contributed by atoms with Crippen LogP contribution in [0.4, 0.5) is 13.9 Å². The zero-order valence-corrected chi connectivity index (χ0v) is 22.0. The summed E-state index contributed by atoms with van der Waals surface area (Å²) in [6.45, 7) is 0. The highest BCUT2D eigenvalue weighted by Gasteiger charge is 2.48. The molecule has 1 aliphatic heterocycles. The van der Waals surface area contributed by atoms with Gasteiger partial charge in [-0.25, -0.2) is 8.78 Å². The van der Waals surface area contributed by atoms with Crippen molar-refractivity contribution in [1.29, 1.82) is 0 Å². The molecule has 1 unspecified atom stereocenters. The number of ketones is 1. The zero-order valence-electron chi connectivity index (χ0n) is 18.8. The van der Waals surface area contributed by atoms with Crippen molar-refractivity contribution in [3.63, 3.8) is 0 Å². The maximum atomic E-state index is 13.7. The van der Waals surface area contributed by atoms with Gasteiger partial charge in [0.2, 0.25) is 5.13 Å². The van der Waals surface area contributed by atoms with E-state index in [4.69, 9.17) is 0 Å². The summed E-state index contributed by atoms with van der Waals surface area (Å²) >= 11 is 5.79. The molecule has 1 aliphatic rings. The van der Waals surface area contributed by atoms with E-state index in [1.54, 1.807) is 36.4 Å². The molecule has 4 aromatic rings. The van der Waals surface area contributed by atoms with Crippen LogP contribution in [0, 0.1) is 11.6 Å². The van der Waals surface area contributed by atoms with Crippen LogP contribution in [0.5, 0.6) is 0 Å². The Hall–Kier alpha value is -3.41. The van der Waals surface area contributed by atoms with E-state index < -0.39 is 23.5 Å². The Bertz CT molecular complexity index is 1510. The average Bonchev–Trinajstić information content (AvgIpc) is 3.46. The molecule has 186 valence electrons. The summed E-state index contributed by atoms with van der Waals surface area (Å²) in [6, 6.07) is 17.0. The largest absolute Gasteiger partial charge is 0.507 e. The molecule has 11 heteroatoms. The number of carbonyl (C=O) groups excluding carboxylic acids is 2. The van der Waals surface area contributed by atoms with Gasteiger partial charge < -0.3 is 5.11 Å². The van der Waals surface area contributed by atoms with Crippen LogP contribution in [-0.2, 0) is 15.3 Å². The van der Waals surface area contributed by atoms with E-state index in [9.17, 15) is 23.5 Å². The lowest BCUT2D eigenvalue weighted by Crippen LogP contribution is -2.29. The molecular formula is C26H16BrF2N3O3S2. The second-order valence-electron chi connectivity index (χ2n) is 7.99. The molecular weight excluding hydrogens is 584 g/mol. The van der Waals surface area contributed by atoms with Crippen molar-refractivity contribution in [1.82, 2.24) is 10.2 Å². The molecule has 0 radical (unpaired) electrons. The van der Waals surface area contributed by atoms with Crippen LogP contribution in [0.3, 0.4) is 0 Å². The zero-order chi connectivity index (χ0) is 26.1. The molecule has 1 atom stereocenters. The van der Waals surface area contributed by atoms with Gasteiger partial charge in [-0.05, 0) is 47.5 Å². The fourth-order valence-electron chi connectivity index (χ4n) is 3.84. The van der Waals surface area contributed by atoms with Gasteiger partial charge in [0.25, 0.3) is 5.78 Å². The third kappa shape index (κ3) is 5.20. The van der Waals surface area contributed by atoms with Crippen LogP contribution in [0.25, 0.3) is 5.76 Å². The molecule has 0 aliphatic carbocycles. The summed E-state index contributed by atoms with van der Waals surface area (Å²) in [5, 5.41) is 19.6. The number of thioether (sulfide) groups is 1. The number of benzene rings is 3. The third-order valence-corrected chi connectivity index (χ3v) is 8.28. The van der Waals surface area contributed by atoms with Crippen LogP contribution in [0.1, 0.15) is 22.7 Å². The first kappa shape index (κ1) is 25.2. The minimum atomic E-state index is -1.04. The van der Waals surface area contributed by atoms with Crippen molar-refractivity contribution in [2.75, 3.05) is 4.90 Å². The van der Waals surface area contributed by atoms with E-state index >= 15 is 0 Å². The number of rotatable bonds is 6. The topological polar surface area (TPSA) is 83.4 Å². The first-order valence-electron chi connectivity index (χ1n) is 10.8. The number of amides is 1. The SMILES string of the molecule is O=C1C(=O)N(c2nnc(SCc3ccc(F)cc3)s2)C(c2ccc(F)cc2)/C1=C(/O)c1ccc(Br)cc1. The number of aliphatic hydroxyl groups excluding tert-OH is 1. The number of aliphatic hydroxyl groups is 1. The van der Waals surface area contributed by atoms with Crippen molar-refractivity contribution in [3.8, 4) is 0 Å². The number of carbonyl (C=O) groups is 2. The lowest BCUT2D eigenvalue weighted by molar-refractivity contribution is -0.132. The Morgan fingerprint density at radius 2 is 1.57 bits per heavy atom. The number of aromatic nitrogens is 2. The minimum absolute atomic E-state index is 0.130. The van der Waals surface area contributed by atoms with Gasteiger partial charge in [0.15, 0.2) is 4.34 Å². The van der Waals surface area contributed by atoms with Crippen LogP contribution in [0.15, 0.2) is 87.2 Å². The molecule has 0 saturated carbocycles. The fraction of sp³-hybridized carbons (Fsp3) is 0.0769. The highest BCUT2D eigenvalue weighted by Crippen LogP contribution is 2.44. The maximum absolute atomic E-state index is 13.7. The normalized spacial score (nSPS) is 16.9. The summed E-state index contributed by atoms with van der Waals surface area (Å²) in [5.41, 5.74) is 1.52. The quantitative estimate of drug-likeness (QED) is 0.0895. The highest BCUT2D eigenvalue weighted by atomic mass is 79.9. The van der Waals surface area contributed by atoms with Gasteiger partial charge in [0.1, 0.15) is 17.4 Å². The maximum Gasteiger partial charge on any atom is 0.301 e. The Balaban J connectivity index is 1.53. The van der Waals surface area contributed by atoms with Gasteiger partial charge in [0, 0.05) is 15.8 Å². The fourth-order valence-corrected chi connectivity index (χ4v) is 5.93. The van der Waals surface area contributed by atoms with E-state index in [0.717, 1.165) is 21.4 Å². The number of nitrogens with zero attached hydrogens (tertiary/aromatic N) is 3. The molecule has 6 nitrogen and oxygen atoms in total. The van der Waals surface area contributed by atoms with Crippen molar-refractivity contribution in [2.45, 2.75) is 16.1 Å². The molecule has 5 rings (SSSR count). The molecule has 3 aromatic carbocycles. The number of hydrogen-bond donors (Lipinski definition) is 1. The lowest BCUT2D eigenvalue weighted by Gasteiger charge is -2.22. The van der Waals surface area contributed by atoms with E-state index in [1.807, 2.05) is 0 Å². The smallest absolute Gasteiger partial charge is 0.301 e. The Labute approximate surface area is 226 Å². The standard InChI is InChI=1S/C26H16BrF2N3O3S2/c27-17-7-3-16(4-8-17)22(33)20-21(15-5-11-19(29)12-6-15)32(24(35)23(20)34)25-30-31-26(37-25)36-13-14-1-9-18(28)10-2-14/h1-12,21,33H,13H2/b22-20-. The van der Waals surface area contributed by atoms with Crippen LogP contribution in [0.2, 0.25) is 0 Å². The minimum Gasteiger partial charge on any atom is -0.507 e. The second kappa shape index (κ2) is 10.5. The highest BCUT2D eigenvalue weighted by molar-refractivity contribution is 9.10. The second-order valence-corrected chi connectivity index (χ2v) is 11.1. The van der Waals surface area contributed by atoms with Crippen molar-refractivity contribution in [2.24, 2.45) is 0 Å². The van der Waals surface area contributed by atoms with Gasteiger partial charge in [-0.2, -0.15) is 0 Å². The van der Waals surface area contributed by atoms with E-state index in [2.05, 4.69) is 26.1 Å². The van der Waals surface area contributed by atoms with Crippen LogP contribution >= 0.6 is 39.0 Å². The van der Waals surface area contributed by atoms with E-state index in [0.29, 0.717) is 21.2 Å². The number of Topliss-reactive ketones (excluding diaryl/α,β-unsaturated/α-hetero) is 1. The van der Waals surface area contributed by atoms with Gasteiger partial charge in [0.05, 0.1) is 11.6 Å². The predicted molar refractivity (Wildman–Crippen MR) is 141 cm³/mol. The Kier molecular flexibility index (Phi) is 7.18. The third-order valence-electron chi connectivity index (χ3n) is 5.63. The molecule has 1 N–H and O–H groups in total. The van der Waals surface area contributed by atoms with Gasteiger partial charge >= 0.3 is 5.91 Å². The van der Waals surface area contributed by atoms with Gasteiger partial charge in [-0.15, -0.1) is 10.2 Å². The first-order valence-corrected chi connectivity index (χ1v) is 13.4. The Morgan fingerprint density at radius 3 is 2.22 bits per heavy atom. The summed E-state index contributed by atoms with van der Waals surface area (Å²) < 4.78 is 28.2. The van der Waals surface area contributed by atoms with Crippen LogP contribution < -0.4 is 4.90 Å². The van der Waals surface area contributed by atoms with Crippen molar-refractivity contribution in [3.05, 3.63) is 111 Å². The predicted octanol–water partition coefficient (Wildman–Crippen LogP) is 6.50. The van der Waals surface area contributed by atoms with E-state index in [-0.39, 0.29) is 22.3 Å². The molecule has 1 fully saturated rings. The summed E-state index contributed by atoms with van der Waals surface area (Å²) in [7, 11) is 0. The van der Waals surface area contributed by atoms with Crippen molar-refractivity contribution < 1.29 is 23.5 Å². The summed E-state index contributed by atoms with van der Waals surface area (Å²) in [4.78, 5) is 27.6. The molecule has 37 heavy (non-hydrogen) atoms. The van der Waals surface area contributed by atoms with Crippen LogP contribution in [-0.4, -0.2) is 27.0 Å². The van der Waals surface area contributed by atoms with E-state index in [1.165, 1.54) is 53.1 Å². The lowest BCUT2D eigenvalue weighted by atomic mass is 9.95. The van der Waals surface area contributed by atoms with Gasteiger partial charge in [-0.1, -0.05) is 75.4 Å². The van der Waals surface area contributed by atoms with Gasteiger partial charge in [-0.3, -0.25) is 14.5 Å². The first-order chi connectivity index (χ1) is 17.8. The molecule has 0 spiro atoms. The average molecular weight is 600 g/mol. The number of anilines is 1. The summed E-state index contributed by atoms with van der Waals surface area (Å²) in [5.74, 6) is -2.42. The monoisotopic (exact) mass is 599 g/mol. The molecule has 1 amide bonds. The number of hydrogen-bond acceptors (Lipinski definition) is 7. The van der Waals surface area contributed by atoms with Crippen molar-refractivity contribution >= 4 is 61.6 Å². The molecule has 0 bridgehead atoms. The Morgan fingerprint density at radius 1 is 0.946 bits per heavy atom. The molecule has 2 heterocycles. The summed E-state index contributed by atoms with van der Waals surface area (Å²) in [6.07, 6.45) is 0. The molecule has 1 aromatic heterocycles. The molecule has 1 saturated heterocycles.